The lowest BCUT2D eigenvalue weighted by molar-refractivity contribution is -0.153. The number of rotatable bonds is 3. The maximum Gasteiger partial charge on any atom is 0.324 e. The molecule has 0 aromatic heterocycles. The first-order valence-corrected chi connectivity index (χ1v) is 8.25. The van der Waals surface area contributed by atoms with Gasteiger partial charge in [0.05, 0.1) is 18.1 Å². The first-order valence-electron chi connectivity index (χ1n) is 6.81. The highest BCUT2D eigenvalue weighted by Gasteiger charge is 2.53. The minimum absolute atomic E-state index is 0.138. The summed E-state index contributed by atoms with van der Waals surface area (Å²) in [6.07, 6.45) is 1.10. The van der Waals surface area contributed by atoms with Crippen LogP contribution in [0.3, 0.4) is 0 Å². The number of carboxylic acid groups (broad SMARTS) is 1. The van der Waals surface area contributed by atoms with Gasteiger partial charge in [-0.2, -0.15) is 4.31 Å². The highest BCUT2D eigenvalue weighted by atomic mass is 32.2. The van der Waals surface area contributed by atoms with Gasteiger partial charge in [0, 0.05) is 6.54 Å². The van der Waals surface area contributed by atoms with Crippen LogP contribution in [0.1, 0.15) is 24.5 Å². The molecule has 7 heteroatoms. The van der Waals surface area contributed by atoms with E-state index in [1.54, 1.807) is 18.2 Å². The number of hydrogen-bond acceptors (Lipinski definition) is 4. The third kappa shape index (κ3) is 2.16. The Bertz CT molecular complexity index is 699. The van der Waals surface area contributed by atoms with Crippen LogP contribution in [0.15, 0.2) is 23.1 Å². The summed E-state index contributed by atoms with van der Waals surface area (Å²) in [5.41, 5.74) is 0.607. The second kappa shape index (κ2) is 4.79. The van der Waals surface area contributed by atoms with Gasteiger partial charge in [-0.15, -0.1) is 0 Å². The van der Waals surface area contributed by atoms with E-state index in [-0.39, 0.29) is 11.4 Å². The Morgan fingerprint density at radius 2 is 2.14 bits per heavy atom. The second-order valence-electron chi connectivity index (χ2n) is 5.64. The smallest absolute Gasteiger partial charge is 0.324 e. The van der Waals surface area contributed by atoms with Crippen LogP contribution in [0.25, 0.3) is 0 Å². The van der Waals surface area contributed by atoms with E-state index >= 15 is 0 Å². The van der Waals surface area contributed by atoms with Gasteiger partial charge in [-0.1, -0.05) is 6.07 Å². The molecule has 0 amide bonds. The Labute approximate surface area is 123 Å². The van der Waals surface area contributed by atoms with Gasteiger partial charge < -0.3 is 9.84 Å². The maximum atomic E-state index is 12.6. The minimum Gasteiger partial charge on any atom is -0.480 e. The third-order valence-corrected chi connectivity index (χ3v) is 6.37. The molecule has 0 radical (unpaired) electrons. The SMILES string of the molecule is CC1(C(=O)O)CCN1S(=O)(=O)c1ccc2c(c1)COCC2. The Morgan fingerprint density at radius 3 is 2.76 bits per heavy atom. The van der Waals surface area contributed by atoms with Crippen LogP contribution < -0.4 is 0 Å². The molecule has 21 heavy (non-hydrogen) atoms. The lowest BCUT2D eigenvalue weighted by atomic mass is 9.90. The molecule has 0 saturated carbocycles. The molecule has 2 aliphatic rings. The van der Waals surface area contributed by atoms with Crippen molar-refractivity contribution in [2.75, 3.05) is 13.2 Å². The maximum absolute atomic E-state index is 12.6. The van der Waals surface area contributed by atoms with Gasteiger partial charge in [-0.25, -0.2) is 8.42 Å². The number of nitrogens with zero attached hydrogens (tertiary/aromatic N) is 1. The molecular formula is C14H17NO5S. The van der Waals surface area contributed by atoms with Gasteiger partial charge in [-0.3, -0.25) is 4.79 Å². The number of aliphatic carboxylic acids is 1. The predicted molar refractivity (Wildman–Crippen MR) is 74.4 cm³/mol. The fourth-order valence-electron chi connectivity index (χ4n) is 2.77. The molecule has 1 unspecified atom stereocenters. The summed E-state index contributed by atoms with van der Waals surface area (Å²) >= 11 is 0. The quantitative estimate of drug-likeness (QED) is 0.900. The van der Waals surface area contributed by atoms with Crippen LogP contribution in [0.2, 0.25) is 0 Å². The minimum atomic E-state index is -3.79. The van der Waals surface area contributed by atoms with Gasteiger partial charge in [0.15, 0.2) is 0 Å². The van der Waals surface area contributed by atoms with Crippen molar-refractivity contribution in [3.8, 4) is 0 Å². The molecule has 114 valence electrons. The zero-order valence-electron chi connectivity index (χ0n) is 11.7. The van der Waals surface area contributed by atoms with E-state index in [4.69, 9.17) is 4.74 Å². The number of carbonyl (C=O) groups is 1. The van der Waals surface area contributed by atoms with Gasteiger partial charge in [0.1, 0.15) is 5.54 Å². The molecule has 0 bridgehead atoms. The largest absolute Gasteiger partial charge is 0.480 e. The summed E-state index contributed by atoms with van der Waals surface area (Å²) in [4.78, 5) is 11.4. The van der Waals surface area contributed by atoms with Crippen LogP contribution in [-0.2, 0) is 32.6 Å². The van der Waals surface area contributed by atoms with E-state index in [1.807, 2.05) is 0 Å². The summed E-state index contributed by atoms with van der Waals surface area (Å²) in [6, 6.07) is 4.95. The lowest BCUT2D eigenvalue weighted by Crippen LogP contribution is -2.64. The van der Waals surface area contributed by atoms with Gasteiger partial charge in [-0.05, 0) is 43.0 Å². The number of fused-ring (bicyclic) bond motifs is 1. The van der Waals surface area contributed by atoms with Crippen molar-refractivity contribution in [2.24, 2.45) is 0 Å². The van der Waals surface area contributed by atoms with Crippen molar-refractivity contribution >= 4 is 16.0 Å². The summed E-state index contributed by atoms with van der Waals surface area (Å²) < 4.78 is 31.7. The number of hydrogen-bond donors (Lipinski definition) is 1. The summed E-state index contributed by atoms with van der Waals surface area (Å²) in [6.45, 7) is 2.72. The molecule has 3 rings (SSSR count). The molecule has 6 nitrogen and oxygen atoms in total. The van der Waals surface area contributed by atoms with Crippen molar-refractivity contribution in [1.29, 1.82) is 0 Å². The Kier molecular flexibility index (Phi) is 3.31. The third-order valence-electron chi connectivity index (χ3n) is 4.35. The van der Waals surface area contributed by atoms with Crippen LogP contribution in [0, 0.1) is 0 Å². The number of sulfonamides is 1. The average Bonchev–Trinajstić information content (AvgIpc) is 2.44. The zero-order chi connectivity index (χ0) is 15.3. The molecule has 1 fully saturated rings. The summed E-state index contributed by atoms with van der Waals surface area (Å²) in [5.74, 6) is -1.11. The molecule has 1 atom stereocenters. The fraction of sp³-hybridized carbons (Fsp3) is 0.500. The molecule has 1 aromatic carbocycles. The van der Waals surface area contributed by atoms with Crippen LogP contribution >= 0.6 is 0 Å². The van der Waals surface area contributed by atoms with Crippen LogP contribution in [0.5, 0.6) is 0 Å². The molecule has 1 N–H and O–H groups in total. The Balaban J connectivity index is 1.98. The first-order chi connectivity index (χ1) is 9.85. The molecule has 1 saturated heterocycles. The van der Waals surface area contributed by atoms with Gasteiger partial charge >= 0.3 is 5.97 Å². The second-order valence-corrected chi connectivity index (χ2v) is 7.50. The van der Waals surface area contributed by atoms with Crippen LogP contribution in [-0.4, -0.2) is 42.5 Å². The Morgan fingerprint density at radius 1 is 1.38 bits per heavy atom. The molecule has 2 aliphatic heterocycles. The van der Waals surface area contributed by atoms with E-state index in [1.165, 1.54) is 6.92 Å². The zero-order valence-corrected chi connectivity index (χ0v) is 12.5. The molecule has 2 heterocycles. The summed E-state index contributed by atoms with van der Waals surface area (Å²) in [5, 5.41) is 9.24. The summed E-state index contributed by atoms with van der Waals surface area (Å²) in [7, 11) is -3.79. The van der Waals surface area contributed by atoms with Gasteiger partial charge in [0.2, 0.25) is 10.0 Å². The highest BCUT2D eigenvalue weighted by molar-refractivity contribution is 7.89. The van der Waals surface area contributed by atoms with Crippen molar-refractivity contribution in [2.45, 2.75) is 36.8 Å². The fourth-order valence-corrected chi connectivity index (χ4v) is 4.59. The molecule has 0 spiro atoms. The predicted octanol–water partition coefficient (Wildman–Crippen LogP) is 0.997. The number of ether oxygens (including phenoxy) is 1. The van der Waals surface area contributed by atoms with Crippen molar-refractivity contribution in [1.82, 2.24) is 4.31 Å². The average molecular weight is 311 g/mol. The molecular weight excluding hydrogens is 294 g/mol. The Hall–Kier alpha value is -1.44. The van der Waals surface area contributed by atoms with E-state index in [0.717, 1.165) is 21.9 Å². The van der Waals surface area contributed by atoms with Crippen molar-refractivity contribution < 1.29 is 23.1 Å². The van der Waals surface area contributed by atoms with E-state index < -0.39 is 21.5 Å². The van der Waals surface area contributed by atoms with Crippen LogP contribution in [0.4, 0.5) is 0 Å². The standard InChI is InChI=1S/C14H17NO5S/c1-14(13(16)17)5-6-15(14)21(18,19)12-3-2-10-4-7-20-9-11(10)8-12/h2-3,8H,4-7,9H2,1H3,(H,16,17). The lowest BCUT2D eigenvalue weighted by Gasteiger charge is -2.45. The topological polar surface area (TPSA) is 83.9 Å². The van der Waals surface area contributed by atoms with E-state index in [2.05, 4.69) is 0 Å². The molecule has 0 aliphatic carbocycles. The normalized spacial score (nSPS) is 26.0. The van der Waals surface area contributed by atoms with E-state index in [0.29, 0.717) is 19.6 Å². The van der Waals surface area contributed by atoms with E-state index in [9.17, 15) is 18.3 Å². The molecule has 1 aromatic rings. The number of carboxylic acids is 1. The number of benzene rings is 1. The van der Waals surface area contributed by atoms with Crippen molar-refractivity contribution in [3.63, 3.8) is 0 Å². The first kappa shape index (κ1) is 14.5. The van der Waals surface area contributed by atoms with Crippen molar-refractivity contribution in [3.05, 3.63) is 29.3 Å². The highest BCUT2D eigenvalue weighted by Crippen LogP contribution is 2.36. The van der Waals surface area contributed by atoms with Gasteiger partial charge in [0.25, 0.3) is 0 Å². The monoisotopic (exact) mass is 311 g/mol.